The number of rotatable bonds is 11. The number of alkyl carbamates (subject to hydrolysis) is 1. The third kappa shape index (κ3) is 9.29. The summed E-state index contributed by atoms with van der Waals surface area (Å²) in [6.07, 6.45) is -0.573. The number of carbonyl (C=O) groups is 4. The molecular weight excluding hydrogens is 440 g/mol. The number of phenolic OH excluding ortho intramolecular Hbond substituents is 1. The monoisotopic (exact) mass is 478 g/mol. The summed E-state index contributed by atoms with van der Waals surface area (Å²) in [5, 5.41) is 15.8. The second-order valence-corrected chi connectivity index (χ2v) is 9.36. The summed E-state index contributed by atoms with van der Waals surface area (Å²) < 4.78 is 5.27. The van der Waals surface area contributed by atoms with Gasteiger partial charge in [-0.1, -0.05) is 25.1 Å². The van der Waals surface area contributed by atoms with Crippen LogP contribution in [0.1, 0.15) is 72.4 Å². The molecule has 2 atom stereocenters. The Morgan fingerprint density at radius 3 is 2.24 bits per heavy atom. The molecule has 1 aromatic carbocycles. The first-order chi connectivity index (χ1) is 15.8. The maximum absolute atomic E-state index is 13.7. The smallest absolute Gasteiger partial charge is 0.408 e. The molecule has 10 nitrogen and oxygen atoms in total. The van der Waals surface area contributed by atoms with Gasteiger partial charge >= 0.3 is 6.09 Å². The Kier molecular flexibility index (Phi) is 10.8. The number of hydrogen-bond donors (Lipinski definition) is 4. The minimum absolute atomic E-state index is 0.0765. The number of nitrogens with zero attached hydrogens (tertiary/aromatic N) is 1. The zero-order valence-electron chi connectivity index (χ0n) is 20.9. The number of hydrogen-bond acceptors (Lipinski definition) is 6. The van der Waals surface area contributed by atoms with Gasteiger partial charge in [0.2, 0.25) is 17.7 Å². The van der Waals surface area contributed by atoms with E-state index in [1.54, 1.807) is 52.8 Å². The lowest BCUT2D eigenvalue weighted by Crippen LogP contribution is -2.53. The van der Waals surface area contributed by atoms with E-state index in [0.717, 1.165) is 0 Å². The Morgan fingerprint density at radius 2 is 1.74 bits per heavy atom. The number of aromatic hydroxyl groups is 1. The largest absolute Gasteiger partial charge is 0.508 e. The van der Waals surface area contributed by atoms with Gasteiger partial charge in [0.1, 0.15) is 23.4 Å². The first kappa shape index (κ1) is 28.7. The molecule has 190 valence electrons. The van der Waals surface area contributed by atoms with Crippen LogP contribution < -0.4 is 16.4 Å². The molecule has 0 saturated carbocycles. The van der Waals surface area contributed by atoms with Crippen molar-refractivity contribution in [1.82, 2.24) is 15.5 Å². The molecule has 0 aliphatic carbocycles. The van der Waals surface area contributed by atoms with Gasteiger partial charge in [0.15, 0.2) is 0 Å². The number of para-hydroxylation sites is 1. The van der Waals surface area contributed by atoms with E-state index in [-0.39, 0.29) is 36.7 Å². The number of phenols is 1. The van der Waals surface area contributed by atoms with Crippen molar-refractivity contribution in [2.45, 2.75) is 84.5 Å². The summed E-state index contributed by atoms with van der Waals surface area (Å²) in [6.45, 7) is 10.6. The van der Waals surface area contributed by atoms with Gasteiger partial charge < -0.3 is 31.1 Å². The summed E-state index contributed by atoms with van der Waals surface area (Å²) in [7, 11) is 0. The number of nitrogens with one attached hydrogen (secondary N) is 2. The van der Waals surface area contributed by atoms with Gasteiger partial charge in [-0.3, -0.25) is 14.4 Å². The van der Waals surface area contributed by atoms with Gasteiger partial charge in [-0.2, -0.15) is 0 Å². The van der Waals surface area contributed by atoms with E-state index >= 15 is 0 Å². The molecule has 1 rings (SSSR count). The number of primary amides is 1. The van der Waals surface area contributed by atoms with Gasteiger partial charge in [0, 0.05) is 24.6 Å². The van der Waals surface area contributed by atoms with Crippen molar-refractivity contribution in [3.8, 4) is 5.75 Å². The van der Waals surface area contributed by atoms with E-state index in [4.69, 9.17) is 10.5 Å². The maximum Gasteiger partial charge on any atom is 0.408 e. The van der Waals surface area contributed by atoms with E-state index in [9.17, 15) is 24.3 Å². The zero-order chi connectivity index (χ0) is 26.1. The molecule has 0 radical (unpaired) electrons. The van der Waals surface area contributed by atoms with Crippen molar-refractivity contribution in [2.75, 3.05) is 6.54 Å². The highest BCUT2D eigenvalue weighted by molar-refractivity contribution is 5.93. The quantitative estimate of drug-likeness (QED) is 0.383. The molecule has 0 aliphatic heterocycles. The van der Waals surface area contributed by atoms with Crippen LogP contribution in [0.5, 0.6) is 5.75 Å². The van der Waals surface area contributed by atoms with Crippen LogP contribution in [0.25, 0.3) is 0 Å². The van der Waals surface area contributed by atoms with E-state index in [1.807, 2.05) is 6.92 Å². The molecule has 0 heterocycles. The number of carbonyl (C=O) groups excluding carboxylic acids is 4. The molecule has 2 unspecified atom stereocenters. The fourth-order valence-corrected chi connectivity index (χ4v) is 3.33. The van der Waals surface area contributed by atoms with Crippen LogP contribution in [0.2, 0.25) is 0 Å². The molecule has 34 heavy (non-hydrogen) atoms. The Labute approximate surface area is 201 Å². The van der Waals surface area contributed by atoms with Crippen molar-refractivity contribution >= 4 is 23.8 Å². The molecule has 0 aliphatic rings. The van der Waals surface area contributed by atoms with E-state index < -0.39 is 41.5 Å². The lowest BCUT2D eigenvalue weighted by Gasteiger charge is -2.35. The lowest BCUT2D eigenvalue weighted by molar-refractivity contribution is -0.143. The Bertz CT molecular complexity index is 865. The Balaban J connectivity index is 3.43. The first-order valence-electron chi connectivity index (χ1n) is 11.4. The highest BCUT2D eigenvalue weighted by Crippen LogP contribution is 2.30. The molecule has 0 fully saturated rings. The Morgan fingerprint density at radius 1 is 1.12 bits per heavy atom. The molecule has 5 N–H and O–H groups in total. The normalized spacial score (nSPS) is 13.0. The standard InChI is InChI=1S/C24H38N4O6/c1-7-14-28(20(21(31)26-15(2)3)16-10-8-9-11-18(16)29)22(32)17(12-13-19(25)30)27-23(33)34-24(4,5)6/h8-11,15,17,20,29H,7,12-14H2,1-6H3,(H2,25,30)(H,26,31)(H,27,33). The third-order valence-corrected chi connectivity index (χ3v) is 4.64. The highest BCUT2D eigenvalue weighted by atomic mass is 16.6. The number of ether oxygens (including phenoxy) is 1. The van der Waals surface area contributed by atoms with Gasteiger partial charge in [0.05, 0.1) is 0 Å². The van der Waals surface area contributed by atoms with Gasteiger partial charge in [-0.25, -0.2) is 4.79 Å². The van der Waals surface area contributed by atoms with Crippen LogP contribution in [0, 0.1) is 0 Å². The van der Waals surface area contributed by atoms with E-state index in [1.165, 1.54) is 11.0 Å². The van der Waals surface area contributed by atoms with Gasteiger partial charge in [-0.05, 0) is 53.5 Å². The van der Waals surface area contributed by atoms with Crippen LogP contribution in [0.15, 0.2) is 24.3 Å². The van der Waals surface area contributed by atoms with Crippen LogP contribution in [-0.4, -0.2) is 58.1 Å². The van der Waals surface area contributed by atoms with Gasteiger partial charge in [-0.15, -0.1) is 0 Å². The molecule has 0 saturated heterocycles. The van der Waals surface area contributed by atoms with Crippen LogP contribution >= 0.6 is 0 Å². The molecular formula is C24H38N4O6. The van der Waals surface area contributed by atoms with E-state index in [0.29, 0.717) is 6.42 Å². The van der Waals surface area contributed by atoms with Crippen LogP contribution in [0.3, 0.4) is 0 Å². The van der Waals surface area contributed by atoms with Crippen molar-refractivity contribution in [2.24, 2.45) is 5.73 Å². The second-order valence-electron chi connectivity index (χ2n) is 9.36. The fraction of sp³-hybridized carbons (Fsp3) is 0.583. The number of benzene rings is 1. The predicted molar refractivity (Wildman–Crippen MR) is 128 cm³/mol. The summed E-state index contributed by atoms with van der Waals surface area (Å²) >= 11 is 0. The van der Waals surface area contributed by atoms with Crippen molar-refractivity contribution in [3.63, 3.8) is 0 Å². The summed E-state index contributed by atoms with van der Waals surface area (Å²) in [6, 6.07) is 3.72. The lowest BCUT2D eigenvalue weighted by atomic mass is 10.00. The maximum atomic E-state index is 13.7. The van der Waals surface area contributed by atoms with E-state index in [2.05, 4.69) is 10.6 Å². The second kappa shape index (κ2) is 12.8. The topological polar surface area (TPSA) is 151 Å². The average molecular weight is 479 g/mol. The molecule has 10 heteroatoms. The summed E-state index contributed by atoms with van der Waals surface area (Å²) in [5.41, 5.74) is 4.72. The predicted octanol–water partition coefficient (Wildman–Crippen LogP) is 2.36. The molecule has 0 spiro atoms. The minimum atomic E-state index is -1.17. The molecule has 4 amide bonds. The van der Waals surface area contributed by atoms with Crippen molar-refractivity contribution in [3.05, 3.63) is 29.8 Å². The SMILES string of the molecule is CCCN(C(=O)C(CCC(N)=O)NC(=O)OC(C)(C)C)C(C(=O)NC(C)C)c1ccccc1O. The van der Waals surface area contributed by atoms with Gasteiger partial charge in [0.25, 0.3) is 0 Å². The van der Waals surface area contributed by atoms with Crippen LogP contribution in [-0.2, 0) is 19.1 Å². The summed E-state index contributed by atoms with van der Waals surface area (Å²) in [4.78, 5) is 52.1. The number of amides is 4. The zero-order valence-corrected chi connectivity index (χ0v) is 20.9. The highest BCUT2D eigenvalue weighted by Gasteiger charge is 2.37. The van der Waals surface area contributed by atoms with Crippen LogP contribution in [0.4, 0.5) is 4.79 Å². The van der Waals surface area contributed by atoms with Crippen molar-refractivity contribution < 1.29 is 29.0 Å². The third-order valence-electron chi connectivity index (χ3n) is 4.64. The molecule has 0 bridgehead atoms. The number of nitrogens with two attached hydrogens (primary N) is 1. The Hall–Kier alpha value is -3.30. The average Bonchev–Trinajstić information content (AvgIpc) is 2.69. The molecule has 0 aromatic heterocycles. The fourth-order valence-electron chi connectivity index (χ4n) is 3.33. The first-order valence-corrected chi connectivity index (χ1v) is 11.4. The summed E-state index contributed by atoms with van der Waals surface area (Å²) in [5.74, 6) is -1.86. The van der Waals surface area contributed by atoms with Crippen molar-refractivity contribution in [1.29, 1.82) is 0 Å². The molecule has 1 aromatic rings. The minimum Gasteiger partial charge on any atom is -0.508 e.